The summed E-state index contributed by atoms with van der Waals surface area (Å²) in [6.45, 7) is 23.1. The molecule has 0 saturated heterocycles. The average Bonchev–Trinajstić information content (AvgIpc) is 3.25. The molecule has 2 aromatic rings. The molecule has 0 aromatic heterocycles. The van der Waals surface area contributed by atoms with Gasteiger partial charge < -0.3 is 24.8 Å². The molecule has 4 rings (SSSR count). The summed E-state index contributed by atoms with van der Waals surface area (Å²) in [6, 6.07) is 13.7. The van der Waals surface area contributed by atoms with Crippen LogP contribution in [0.25, 0.3) is 12.2 Å². The first-order valence-corrected chi connectivity index (χ1v) is 21.0. The summed E-state index contributed by atoms with van der Waals surface area (Å²) in [4.78, 5) is 0. The molecule has 0 heterocycles. The standard InChI is InChI=1S/2C15H21OSi.2ClH.Zr/c2*1-15(2,3)13-8-6-7-12-11(13)9-10-14(12)16-17(4)5;;;/h2*6-10,17H,1-5H3;2*1H;/q;;;;+2/p-2. The number of halogens is 2. The fourth-order valence-corrected chi connectivity index (χ4v) is 15.8. The number of hydrogen-bond acceptors (Lipinski definition) is 2. The van der Waals surface area contributed by atoms with E-state index in [9.17, 15) is 0 Å². The summed E-state index contributed by atoms with van der Waals surface area (Å²) in [6.07, 6.45) is 9.55. The van der Waals surface area contributed by atoms with Crippen LogP contribution >= 0.6 is 0 Å². The molecule has 2 aliphatic rings. The molecule has 0 bridgehead atoms. The van der Waals surface area contributed by atoms with Gasteiger partial charge in [-0.15, -0.1) is 0 Å². The average molecular weight is 653 g/mol. The second-order valence-corrected chi connectivity index (χ2v) is 21.6. The maximum atomic E-state index is 7.10. The first kappa shape index (κ1) is 32.9. The summed E-state index contributed by atoms with van der Waals surface area (Å²) in [5.41, 5.74) is 8.49. The monoisotopic (exact) mass is 650 g/mol. The van der Waals surface area contributed by atoms with E-state index >= 15 is 0 Å². The van der Waals surface area contributed by atoms with Gasteiger partial charge in [-0.3, -0.25) is 0 Å². The van der Waals surface area contributed by atoms with Gasteiger partial charge in [-0.25, -0.2) is 0 Å². The minimum Gasteiger partial charge on any atom is -1.00 e. The van der Waals surface area contributed by atoms with Crippen molar-refractivity contribution in [1.82, 2.24) is 0 Å². The molecule has 2 nitrogen and oxygen atoms in total. The van der Waals surface area contributed by atoms with Crippen LogP contribution in [0.3, 0.4) is 0 Å². The molecule has 2 aliphatic carbocycles. The molecule has 0 saturated carbocycles. The van der Waals surface area contributed by atoms with E-state index in [0.29, 0.717) is 0 Å². The fourth-order valence-electron chi connectivity index (χ4n) is 5.53. The number of hydrogen-bond donors (Lipinski definition) is 0. The van der Waals surface area contributed by atoms with Gasteiger partial charge in [0.15, 0.2) is 0 Å². The van der Waals surface area contributed by atoms with Gasteiger partial charge in [-0.05, 0) is 0 Å². The van der Waals surface area contributed by atoms with Crippen molar-refractivity contribution in [2.75, 3.05) is 0 Å². The number of rotatable bonds is 6. The van der Waals surface area contributed by atoms with E-state index in [1.165, 1.54) is 33.4 Å². The van der Waals surface area contributed by atoms with Gasteiger partial charge in [0, 0.05) is 0 Å². The van der Waals surface area contributed by atoms with Gasteiger partial charge in [-0.2, -0.15) is 0 Å². The topological polar surface area (TPSA) is 18.5 Å². The van der Waals surface area contributed by atoms with Crippen LogP contribution in [0.4, 0.5) is 0 Å². The molecule has 0 aliphatic heterocycles. The van der Waals surface area contributed by atoms with Crippen LogP contribution in [0.5, 0.6) is 0 Å². The van der Waals surface area contributed by atoms with Crippen LogP contribution in [-0.4, -0.2) is 18.1 Å². The molecular weight excluding hydrogens is 611 g/mol. The zero-order valence-corrected chi connectivity index (χ0v) is 30.3. The molecule has 7 heteroatoms. The largest absolute Gasteiger partial charge is 1.00 e. The Morgan fingerprint density at radius 1 is 0.622 bits per heavy atom. The summed E-state index contributed by atoms with van der Waals surface area (Å²) in [5.74, 6) is 0. The zero-order valence-electron chi connectivity index (χ0n) is 24.0. The maximum absolute atomic E-state index is 7.10. The minimum absolute atomic E-state index is 0. The Kier molecular flexibility index (Phi) is 10.4. The Hall–Kier alpha value is -0.263. The number of fused-ring (bicyclic) bond motifs is 2. The van der Waals surface area contributed by atoms with Crippen LogP contribution in [-0.2, 0) is 49.5 Å². The van der Waals surface area contributed by atoms with Crippen molar-refractivity contribution in [3.63, 3.8) is 0 Å². The van der Waals surface area contributed by atoms with Gasteiger partial charge in [0.05, 0.1) is 0 Å². The van der Waals surface area contributed by atoms with Crippen molar-refractivity contribution < 1.29 is 56.9 Å². The Morgan fingerprint density at radius 2 is 0.973 bits per heavy atom. The molecule has 0 fully saturated rings. The van der Waals surface area contributed by atoms with E-state index < -0.39 is 41.3 Å². The van der Waals surface area contributed by atoms with E-state index in [1.807, 2.05) is 0 Å². The molecule has 200 valence electrons. The van der Waals surface area contributed by atoms with E-state index in [-0.39, 0.29) is 42.3 Å². The normalized spacial score (nSPS) is 21.9. The molecule has 2 atom stereocenters. The Labute approximate surface area is 252 Å². The SMILES string of the molecule is C[SiH](C)O[C]1([Zr+2][C]2(O[SiH](C)C)C=Cc3c(C(C)(C)C)cccc32)C=Cc2c(C(C)(C)C)cccc21.[Cl-].[Cl-]. The van der Waals surface area contributed by atoms with E-state index in [4.69, 9.17) is 8.85 Å². The zero-order chi connectivity index (χ0) is 25.8. The van der Waals surface area contributed by atoms with Crippen molar-refractivity contribution in [2.24, 2.45) is 0 Å². The minimum atomic E-state index is -1.42. The van der Waals surface area contributed by atoms with Gasteiger partial charge in [0.25, 0.3) is 0 Å². The van der Waals surface area contributed by atoms with Crippen molar-refractivity contribution in [1.29, 1.82) is 0 Å². The molecular formula is C30H42Cl2O2Si2Zr. The Morgan fingerprint density at radius 3 is 1.27 bits per heavy atom. The second-order valence-electron chi connectivity index (χ2n) is 12.6. The quantitative estimate of drug-likeness (QED) is 0.440. The predicted molar refractivity (Wildman–Crippen MR) is 152 cm³/mol. The maximum Gasteiger partial charge on any atom is -1.00 e. The van der Waals surface area contributed by atoms with E-state index in [1.54, 1.807) is 0 Å². The Balaban J connectivity index is 0.00000241. The first-order chi connectivity index (χ1) is 16.2. The number of benzene rings is 2. The van der Waals surface area contributed by atoms with E-state index in [2.05, 4.69) is 128 Å². The van der Waals surface area contributed by atoms with Gasteiger partial charge in [-0.1, -0.05) is 0 Å². The molecule has 0 N–H and O–H groups in total. The molecule has 2 unspecified atom stereocenters. The summed E-state index contributed by atoms with van der Waals surface area (Å²) >= 11 is -1.42. The summed E-state index contributed by atoms with van der Waals surface area (Å²) < 4.78 is 13.6. The van der Waals surface area contributed by atoms with Crippen molar-refractivity contribution in [2.45, 2.75) is 85.2 Å². The summed E-state index contributed by atoms with van der Waals surface area (Å²) in [5, 5.41) is 0. The Bertz CT molecular complexity index is 1090. The fraction of sp³-hybridized carbons (Fsp3) is 0.467. The molecule has 0 radical (unpaired) electrons. The van der Waals surface area contributed by atoms with Gasteiger partial charge >= 0.3 is 229 Å². The smallest absolute Gasteiger partial charge is 1.00 e. The van der Waals surface area contributed by atoms with Gasteiger partial charge in [0.2, 0.25) is 0 Å². The van der Waals surface area contributed by atoms with Crippen molar-refractivity contribution in [3.05, 3.63) is 81.9 Å². The predicted octanol–water partition coefficient (Wildman–Crippen LogP) is 1.43. The van der Waals surface area contributed by atoms with Crippen molar-refractivity contribution in [3.8, 4) is 0 Å². The van der Waals surface area contributed by atoms with Crippen LogP contribution < -0.4 is 24.8 Å². The first-order valence-electron chi connectivity index (χ1n) is 13.0. The third-order valence-corrected chi connectivity index (χ3v) is 14.2. The van der Waals surface area contributed by atoms with Crippen LogP contribution in [0, 0.1) is 0 Å². The molecule has 2 aromatic carbocycles. The molecule has 37 heavy (non-hydrogen) atoms. The molecule has 0 amide bonds. The van der Waals surface area contributed by atoms with Gasteiger partial charge in [0.1, 0.15) is 0 Å². The van der Waals surface area contributed by atoms with Crippen LogP contribution in [0.1, 0.15) is 74.9 Å². The third kappa shape index (κ3) is 6.40. The third-order valence-electron chi connectivity index (χ3n) is 6.81. The van der Waals surface area contributed by atoms with Crippen LogP contribution in [0.15, 0.2) is 48.6 Å². The summed E-state index contributed by atoms with van der Waals surface area (Å²) in [7, 11) is -2.67. The van der Waals surface area contributed by atoms with Crippen LogP contribution in [0.2, 0.25) is 26.2 Å². The van der Waals surface area contributed by atoms with E-state index in [0.717, 1.165) is 0 Å². The molecule has 0 spiro atoms. The van der Waals surface area contributed by atoms with Crippen molar-refractivity contribution >= 4 is 30.2 Å². The second kappa shape index (κ2) is 11.7.